The predicted octanol–water partition coefficient (Wildman–Crippen LogP) is 3.46. The number of aryl methyl sites for hydroxylation is 1. The fourth-order valence-corrected chi connectivity index (χ4v) is 3.74. The lowest BCUT2D eigenvalue weighted by Gasteiger charge is -2.07. The van der Waals surface area contributed by atoms with Gasteiger partial charge in [0.15, 0.2) is 0 Å². The van der Waals surface area contributed by atoms with Crippen molar-refractivity contribution in [3.05, 3.63) is 70.3 Å². The number of sulfonamides is 1. The largest absolute Gasteiger partial charge is 0.338 e. The van der Waals surface area contributed by atoms with Crippen LogP contribution in [0, 0.1) is 12.7 Å². The van der Waals surface area contributed by atoms with Crippen molar-refractivity contribution in [2.75, 3.05) is 0 Å². The van der Waals surface area contributed by atoms with Crippen molar-refractivity contribution in [3.8, 4) is 11.4 Å². The van der Waals surface area contributed by atoms with Crippen LogP contribution in [0.3, 0.4) is 0 Å². The summed E-state index contributed by atoms with van der Waals surface area (Å²) in [6.45, 7) is 1.74. The molecule has 0 unspecified atom stereocenters. The minimum absolute atomic E-state index is 0.0508. The van der Waals surface area contributed by atoms with E-state index in [0.29, 0.717) is 5.82 Å². The van der Waals surface area contributed by atoms with Crippen LogP contribution < -0.4 is 4.72 Å². The Morgan fingerprint density at radius 1 is 1.23 bits per heavy atom. The van der Waals surface area contributed by atoms with Crippen LogP contribution >= 0.6 is 11.6 Å². The molecule has 2 aromatic carbocycles. The highest BCUT2D eigenvalue weighted by Gasteiger charge is 2.18. The molecule has 0 bridgehead atoms. The Morgan fingerprint density at radius 2 is 2.00 bits per heavy atom. The molecule has 6 nitrogen and oxygen atoms in total. The van der Waals surface area contributed by atoms with Crippen molar-refractivity contribution in [3.63, 3.8) is 0 Å². The Kier molecular flexibility index (Phi) is 5.36. The lowest BCUT2D eigenvalue weighted by atomic mass is 10.1. The molecule has 3 aromatic rings. The molecule has 0 amide bonds. The molecule has 0 aliphatic heterocycles. The first kappa shape index (κ1) is 18.5. The summed E-state index contributed by atoms with van der Waals surface area (Å²) >= 11 is 5.86. The van der Waals surface area contributed by atoms with Gasteiger partial charge in [-0.2, -0.15) is 4.98 Å². The van der Waals surface area contributed by atoms with Gasteiger partial charge in [-0.1, -0.05) is 46.6 Å². The Bertz CT molecular complexity index is 1020. The van der Waals surface area contributed by atoms with Crippen molar-refractivity contribution in [2.24, 2.45) is 0 Å². The number of hydrogen-bond acceptors (Lipinski definition) is 5. The lowest BCUT2D eigenvalue weighted by molar-refractivity contribution is 0.376. The smallest absolute Gasteiger partial charge is 0.242 e. The first-order valence-corrected chi connectivity index (χ1v) is 9.67. The van der Waals surface area contributed by atoms with Crippen LogP contribution in [0.25, 0.3) is 11.4 Å². The minimum atomic E-state index is -3.84. The third-order valence-corrected chi connectivity index (χ3v) is 5.19. The molecule has 0 aliphatic carbocycles. The SMILES string of the molecule is Cc1cccc(-c2noc(CNS(=O)(=O)Cc3c(F)cccc3Cl)n2)c1. The maximum atomic E-state index is 13.8. The quantitative estimate of drug-likeness (QED) is 0.690. The van der Waals surface area contributed by atoms with E-state index in [2.05, 4.69) is 14.9 Å². The van der Waals surface area contributed by atoms with Gasteiger partial charge in [0, 0.05) is 16.1 Å². The first-order chi connectivity index (χ1) is 12.3. The Hall–Kier alpha value is -2.29. The molecule has 136 valence electrons. The van der Waals surface area contributed by atoms with Gasteiger partial charge in [0.1, 0.15) is 5.82 Å². The van der Waals surface area contributed by atoms with Gasteiger partial charge in [0.05, 0.1) is 12.3 Å². The molecule has 3 rings (SSSR count). The summed E-state index contributed by atoms with van der Waals surface area (Å²) in [5.41, 5.74) is 1.71. The van der Waals surface area contributed by atoms with Crippen molar-refractivity contribution in [1.29, 1.82) is 0 Å². The van der Waals surface area contributed by atoms with Crippen LogP contribution in [-0.2, 0) is 22.3 Å². The van der Waals surface area contributed by atoms with Gasteiger partial charge in [0.25, 0.3) is 0 Å². The summed E-state index contributed by atoms with van der Waals surface area (Å²) < 4.78 is 45.5. The van der Waals surface area contributed by atoms with Gasteiger partial charge in [-0.15, -0.1) is 0 Å². The summed E-state index contributed by atoms with van der Waals surface area (Å²) in [4.78, 5) is 4.16. The number of benzene rings is 2. The molecule has 0 saturated heterocycles. The summed E-state index contributed by atoms with van der Waals surface area (Å²) in [5, 5.41) is 3.89. The third kappa shape index (κ3) is 4.46. The van der Waals surface area contributed by atoms with E-state index in [1.54, 1.807) is 0 Å². The zero-order valence-corrected chi connectivity index (χ0v) is 15.3. The summed E-state index contributed by atoms with van der Waals surface area (Å²) in [6.07, 6.45) is 0. The van der Waals surface area contributed by atoms with Gasteiger partial charge in [0.2, 0.25) is 21.7 Å². The second-order valence-corrected chi connectivity index (χ2v) is 7.88. The Morgan fingerprint density at radius 3 is 2.73 bits per heavy atom. The molecular weight excluding hydrogens is 381 g/mol. The predicted molar refractivity (Wildman–Crippen MR) is 95.3 cm³/mol. The van der Waals surface area contributed by atoms with E-state index in [1.165, 1.54) is 12.1 Å². The van der Waals surface area contributed by atoms with Gasteiger partial charge < -0.3 is 4.52 Å². The van der Waals surface area contributed by atoms with Crippen molar-refractivity contribution in [2.45, 2.75) is 19.2 Å². The maximum absolute atomic E-state index is 13.8. The fourth-order valence-electron chi connectivity index (χ4n) is 2.31. The van der Waals surface area contributed by atoms with Crippen molar-refractivity contribution >= 4 is 21.6 Å². The Labute approximate surface area is 155 Å². The van der Waals surface area contributed by atoms with Crippen molar-refractivity contribution < 1.29 is 17.3 Å². The molecule has 26 heavy (non-hydrogen) atoms. The van der Waals surface area contributed by atoms with Gasteiger partial charge in [-0.25, -0.2) is 17.5 Å². The standard InChI is InChI=1S/C17H15ClFN3O3S/c1-11-4-2-5-12(8-11)17-21-16(25-22-17)9-20-26(23,24)10-13-14(18)6-3-7-15(13)19/h2-8,20H,9-10H2,1H3. The van der Waals surface area contributed by atoms with Crippen LogP contribution in [0.1, 0.15) is 17.0 Å². The van der Waals surface area contributed by atoms with E-state index in [-0.39, 0.29) is 23.0 Å². The molecule has 1 heterocycles. The summed E-state index contributed by atoms with van der Waals surface area (Å²) in [6, 6.07) is 11.5. The van der Waals surface area contributed by atoms with Crippen LogP contribution in [0.2, 0.25) is 5.02 Å². The Balaban J connectivity index is 1.69. The molecule has 0 aliphatic rings. The molecule has 0 atom stereocenters. The van der Waals surface area contributed by atoms with E-state index in [9.17, 15) is 12.8 Å². The molecule has 0 radical (unpaired) electrons. The average molecular weight is 396 g/mol. The second-order valence-electron chi connectivity index (χ2n) is 5.66. The monoisotopic (exact) mass is 395 g/mol. The highest BCUT2D eigenvalue weighted by atomic mass is 35.5. The molecule has 9 heteroatoms. The summed E-state index contributed by atoms with van der Waals surface area (Å²) in [7, 11) is -3.84. The van der Waals surface area contributed by atoms with Crippen LogP contribution in [0.5, 0.6) is 0 Å². The van der Waals surface area contributed by atoms with E-state index < -0.39 is 21.6 Å². The number of nitrogens with zero attached hydrogens (tertiary/aromatic N) is 2. The van der Waals surface area contributed by atoms with E-state index >= 15 is 0 Å². The van der Waals surface area contributed by atoms with Crippen LogP contribution in [0.15, 0.2) is 47.0 Å². The lowest BCUT2D eigenvalue weighted by Crippen LogP contribution is -2.25. The number of hydrogen-bond donors (Lipinski definition) is 1. The topological polar surface area (TPSA) is 85.1 Å². The number of aromatic nitrogens is 2. The average Bonchev–Trinajstić information content (AvgIpc) is 3.06. The highest BCUT2D eigenvalue weighted by molar-refractivity contribution is 7.88. The second kappa shape index (κ2) is 7.53. The van der Waals surface area contributed by atoms with Gasteiger partial charge in [-0.05, 0) is 25.1 Å². The van der Waals surface area contributed by atoms with Gasteiger partial charge in [-0.3, -0.25) is 0 Å². The van der Waals surface area contributed by atoms with Crippen LogP contribution in [-0.4, -0.2) is 18.6 Å². The van der Waals surface area contributed by atoms with E-state index in [1.807, 2.05) is 31.2 Å². The fraction of sp³-hybridized carbons (Fsp3) is 0.176. The number of rotatable bonds is 6. The zero-order chi connectivity index (χ0) is 18.7. The number of nitrogens with one attached hydrogen (secondary N) is 1. The molecular formula is C17H15ClFN3O3S. The molecule has 0 fully saturated rings. The van der Waals surface area contributed by atoms with E-state index in [0.717, 1.165) is 17.2 Å². The summed E-state index contributed by atoms with van der Waals surface area (Å²) in [5.74, 6) is -0.802. The van der Waals surface area contributed by atoms with Gasteiger partial charge >= 0.3 is 0 Å². The highest BCUT2D eigenvalue weighted by Crippen LogP contribution is 2.21. The third-order valence-electron chi connectivity index (χ3n) is 3.58. The normalized spacial score (nSPS) is 11.7. The van der Waals surface area contributed by atoms with Crippen molar-refractivity contribution in [1.82, 2.24) is 14.9 Å². The maximum Gasteiger partial charge on any atom is 0.242 e. The minimum Gasteiger partial charge on any atom is -0.338 e. The zero-order valence-electron chi connectivity index (χ0n) is 13.7. The molecule has 0 saturated carbocycles. The first-order valence-electron chi connectivity index (χ1n) is 7.64. The molecule has 1 aromatic heterocycles. The van der Waals surface area contributed by atoms with E-state index in [4.69, 9.17) is 16.1 Å². The number of halogens is 2. The molecule has 0 spiro atoms. The molecule has 1 N–H and O–H groups in total. The van der Waals surface area contributed by atoms with Crippen LogP contribution in [0.4, 0.5) is 4.39 Å².